The summed E-state index contributed by atoms with van der Waals surface area (Å²) in [4.78, 5) is 42.6. The van der Waals surface area contributed by atoms with Crippen LogP contribution in [0.25, 0.3) is 0 Å². The minimum atomic E-state index is -0.390. The van der Waals surface area contributed by atoms with Crippen molar-refractivity contribution in [2.45, 2.75) is 91.8 Å². The number of rotatable bonds is 13. The first kappa shape index (κ1) is 31.5. The molecule has 0 bridgehead atoms. The number of benzene rings is 1. The van der Waals surface area contributed by atoms with Gasteiger partial charge in [0.15, 0.2) is 0 Å². The first-order valence-corrected chi connectivity index (χ1v) is 14.7. The van der Waals surface area contributed by atoms with Gasteiger partial charge < -0.3 is 14.4 Å². The Kier molecular flexibility index (Phi) is 11.0. The van der Waals surface area contributed by atoms with Crippen LogP contribution in [0, 0.1) is 0 Å². The van der Waals surface area contributed by atoms with E-state index in [0.29, 0.717) is 18.0 Å². The van der Waals surface area contributed by atoms with Crippen molar-refractivity contribution in [3.05, 3.63) is 56.7 Å². The van der Waals surface area contributed by atoms with Crippen molar-refractivity contribution < 1.29 is 14.3 Å². The van der Waals surface area contributed by atoms with Gasteiger partial charge in [-0.05, 0) is 78.6 Å². The highest BCUT2D eigenvalue weighted by Gasteiger charge is 2.26. The summed E-state index contributed by atoms with van der Waals surface area (Å²) in [5, 5.41) is 0. The summed E-state index contributed by atoms with van der Waals surface area (Å²) in [6, 6.07) is 8.54. The Labute approximate surface area is 238 Å². The van der Waals surface area contributed by atoms with Crippen LogP contribution in [-0.2, 0) is 4.74 Å². The topological polar surface area (TPSA) is 86.0 Å². The largest absolute Gasteiger partial charge is 0.488 e. The molecule has 0 atom stereocenters. The van der Waals surface area contributed by atoms with Gasteiger partial charge in [-0.15, -0.1) is 0 Å². The summed E-state index contributed by atoms with van der Waals surface area (Å²) in [5.74, 6) is 1.13. The molecule has 3 rings (SSSR count). The Morgan fingerprint density at radius 2 is 1.55 bits per heavy atom. The second-order valence-electron chi connectivity index (χ2n) is 11.9. The molecule has 0 aliphatic carbocycles. The van der Waals surface area contributed by atoms with E-state index in [9.17, 15) is 14.4 Å². The van der Waals surface area contributed by atoms with Crippen LogP contribution in [0.5, 0.6) is 5.75 Å². The standard InChI is InChI=1S/C31H48N4O5/c1-8-9-10-21-39-29(37)25-11-13-26(14-12-25)40-31(6,7)15-16-32-17-19-33(20-18-32)27-22-28(36)35(24(4)5)30(38)34(27)23(2)3/h11-14,22-24H,8-10,15-21H2,1-7H3. The fraction of sp³-hybridized carbons (Fsp3) is 0.645. The van der Waals surface area contributed by atoms with Gasteiger partial charge in [-0.3, -0.25) is 18.8 Å². The molecule has 2 heterocycles. The average Bonchev–Trinajstić information content (AvgIpc) is 2.89. The van der Waals surface area contributed by atoms with Crippen molar-refractivity contribution in [2.24, 2.45) is 0 Å². The molecule has 1 fully saturated rings. The Hall–Kier alpha value is -3.07. The van der Waals surface area contributed by atoms with Gasteiger partial charge in [-0.2, -0.15) is 0 Å². The highest BCUT2D eigenvalue weighted by molar-refractivity contribution is 5.89. The molecule has 0 unspecified atom stereocenters. The molecule has 1 saturated heterocycles. The lowest BCUT2D eigenvalue weighted by Crippen LogP contribution is -2.51. The molecule has 0 radical (unpaired) electrons. The smallest absolute Gasteiger partial charge is 0.338 e. The lowest BCUT2D eigenvalue weighted by atomic mass is 10.0. The van der Waals surface area contributed by atoms with Crippen LogP contribution in [0.15, 0.2) is 39.9 Å². The number of anilines is 1. The number of carbonyl (C=O) groups is 1. The number of carbonyl (C=O) groups excluding carboxylic acids is 1. The fourth-order valence-electron chi connectivity index (χ4n) is 5.02. The second-order valence-corrected chi connectivity index (χ2v) is 11.9. The average molecular weight is 557 g/mol. The minimum absolute atomic E-state index is 0.0467. The molecule has 1 aromatic carbocycles. The van der Waals surface area contributed by atoms with E-state index in [2.05, 4.69) is 30.6 Å². The maximum atomic E-state index is 13.1. The molecule has 1 aliphatic rings. The Morgan fingerprint density at radius 3 is 2.12 bits per heavy atom. The molecule has 0 N–H and O–H groups in total. The van der Waals surface area contributed by atoms with E-state index >= 15 is 0 Å². The lowest BCUT2D eigenvalue weighted by molar-refractivity contribution is 0.0498. The summed E-state index contributed by atoms with van der Waals surface area (Å²) >= 11 is 0. The number of esters is 1. The minimum Gasteiger partial charge on any atom is -0.488 e. The Balaban J connectivity index is 1.53. The van der Waals surface area contributed by atoms with Crippen LogP contribution in [0.3, 0.4) is 0 Å². The van der Waals surface area contributed by atoms with E-state index in [0.717, 1.165) is 64.2 Å². The van der Waals surface area contributed by atoms with Crippen molar-refractivity contribution in [2.75, 3.05) is 44.2 Å². The third kappa shape index (κ3) is 8.22. The number of hydrogen-bond donors (Lipinski definition) is 0. The van der Waals surface area contributed by atoms with Gasteiger partial charge in [0.1, 0.15) is 17.2 Å². The fourth-order valence-corrected chi connectivity index (χ4v) is 5.02. The zero-order chi connectivity index (χ0) is 29.4. The highest BCUT2D eigenvalue weighted by atomic mass is 16.5. The normalized spacial score (nSPS) is 14.7. The zero-order valence-corrected chi connectivity index (χ0v) is 25.4. The molecule has 9 nitrogen and oxygen atoms in total. The summed E-state index contributed by atoms with van der Waals surface area (Å²) < 4.78 is 14.7. The molecule has 1 aliphatic heterocycles. The second kappa shape index (κ2) is 14.0. The van der Waals surface area contributed by atoms with Crippen LogP contribution in [0.4, 0.5) is 5.82 Å². The monoisotopic (exact) mass is 556 g/mol. The van der Waals surface area contributed by atoms with Gasteiger partial charge in [-0.25, -0.2) is 9.59 Å². The van der Waals surface area contributed by atoms with Gasteiger partial charge in [0.25, 0.3) is 5.56 Å². The maximum absolute atomic E-state index is 13.1. The lowest BCUT2D eigenvalue weighted by Gasteiger charge is -2.38. The highest BCUT2D eigenvalue weighted by Crippen LogP contribution is 2.23. The molecular weight excluding hydrogens is 508 g/mol. The Morgan fingerprint density at radius 1 is 0.925 bits per heavy atom. The van der Waals surface area contributed by atoms with Crippen LogP contribution < -0.4 is 20.9 Å². The molecular formula is C31H48N4O5. The van der Waals surface area contributed by atoms with E-state index in [1.807, 2.05) is 39.8 Å². The molecule has 222 valence electrons. The molecule has 0 amide bonds. The first-order valence-electron chi connectivity index (χ1n) is 14.7. The van der Waals surface area contributed by atoms with Gasteiger partial charge >= 0.3 is 11.7 Å². The van der Waals surface area contributed by atoms with Crippen LogP contribution >= 0.6 is 0 Å². The van der Waals surface area contributed by atoms with Gasteiger partial charge in [0.2, 0.25) is 0 Å². The van der Waals surface area contributed by atoms with Crippen LogP contribution in [0.2, 0.25) is 0 Å². The molecule has 2 aromatic rings. The predicted octanol–water partition coefficient (Wildman–Crippen LogP) is 4.89. The summed E-state index contributed by atoms with van der Waals surface area (Å²) in [5.41, 5.74) is -0.349. The first-order chi connectivity index (χ1) is 18.9. The van der Waals surface area contributed by atoms with Gasteiger partial charge in [0, 0.05) is 50.9 Å². The molecule has 40 heavy (non-hydrogen) atoms. The van der Waals surface area contributed by atoms with Crippen LogP contribution in [0.1, 0.15) is 96.6 Å². The van der Waals surface area contributed by atoms with Gasteiger partial charge in [0.05, 0.1) is 12.2 Å². The van der Waals surface area contributed by atoms with E-state index in [1.165, 1.54) is 4.57 Å². The third-order valence-electron chi connectivity index (χ3n) is 7.37. The molecule has 9 heteroatoms. The van der Waals surface area contributed by atoms with E-state index in [4.69, 9.17) is 9.47 Å². The molecule has 0 spiro atoms. The van der Waals surface area contributed by atoms with Gasteiger partial charge in [-0.1, -0.05) is 19.8 Å². The van der Waals surface area contributed by atoms with E-state index in [1.54, 1.807) is 22.8 Å². The number of ether oxygens (including phenoxy) is 2. The van der Waals surface area contributed by atoms with E-state index in [-0.39, 0.29) is 29.3 Å². The molecule has 0 saturated carbocycles. The Bertz CT molecular complexity index is 1220. The summed E-state index contributed by atoms with van der Waals surface area (Å²) in [6.07, 6.45) is 3.86. The SMILES string of the molecule is CCCCCOC(=O)c1ccc(OC(C)(C)CCN2CCN(c3cc(=O)n(C(C)C)c(=O)n3C(C)C)CC2)cc1. The summed E-state index contributed by atoms with van der Waals surface area (Å²) in [6.45, 7) is 18.4. The van der Waals surface area contributed by atoms with Crippen molar-refractivity contribution in [1.29, 1.82) is 0 Å². The number of nitrogens with zero attached hydrogens (tertiary/aromatic N) is 4. The number of unbranched alkanes of at least 4 members (excludes halogenated alkanes) is 2. The molecule has 1 aromatic heterocycles. The number of aromatic nitrogens is 2. The zero-order valence-electron chi connectivity index (χ0n) is 25.4. The van der Waals surface area contributed by atoms with Crippen molar-refractivity contribution in [3.8, 4) is 5.75 Å². The number of piperazine rings is 1. The van der Waals surface area contributed by atoms with Crippen molar-refractivity contribution in [3.63, 3.8) is 0 Å². The van der Waals surface area contributed by atoms with Crippen LogP contribution in [-0.4, -0.2) is 64.9 Å². The quantitative estimate of drug-likeness (QED) is 0.257. The predicted molar refractivity (Wildman–Crippen MR) is 160 cm³/mol. The summed E-state index contributed by atoms with van der Waals surface area (Å²) in [7, 11) is 0. The van der Waals surface area contributed by atoms with Crippen molar-refractivity contribution >= 4 is 11.8 Å². The third-order valence-corrected chi connectivity index (χ3v) is 7.37. The van der Waals surface area contributed by atoms with Crippen molar-refractivity contribution in [1.82, 2.24) is 14.0 Å². The number of hydrogen-bond acceptors (Lipinski definition) is 7. The maximum Gasteiger partial charge on any atom is 0.338 e. The van der Waals surface area contributed by atoms with E-state index < -0.39 is 5.60 Å².